The van der Waals surface area contributed by atoms with Crippen LogP contribution in [0.25, 0.3) is 0 Å². The Labute approximate surface area is 240 Å². The molecule has 0 bridgehead atoms. The van der Waals surface area contributed by atoms with Gasteiger partial charge in [-0.25, -0.2) is 4.98 Å². The number of aliphatic hydroxyl groups is 1. The van der Waals surface area contributed by atoms with Gasteiger partial charge in [-0.1, -0.05) is 30.3 Å². The molecule has 4 atom stereocenters. The molecule has 3 heterocycles. The van der Waals surface area contributed by atoms with Gasteiger partial charge in [-0.3, -0.25) is 9.59 Å². The van der Waals surface area contributed by atoms with E-state index in [1.807, 2.05) is 72.6 Å². The molecule has 2 fully saturated rings. The summed E-state index contributed by atoms with van der Waals surface area (Å²) in [6.07, 6.45) is 3.44. The van der Waals surface area contributed by atoms with Gasteiger partial charge in [0.25, 0.3) is 11.8 Å². The molecule has 0 radical (unpaired) electrons. The van der Waals surface area contributed by atoms with E-state index in [1.165, 1.54) is 0 Å². The highest BCUT2D eigenvalue weighted by Crippen LogP contribution is 2.35. The van der Waals surface area contributed by atoms with Crippen molar-refractivity contribution in [2.24, 2.45) is 0 Å². The zero-order valence-electron chi connectivity index (χ0n) is 23.5. The molecule has 5 rings (SSSR count). The number of benzene rings is 2. The second-order valence-electron chi connectivity index (χ2n) is 11.1. The summed E-state index contributed by atoms with van der Waals surface area (Å²) in [7, 11) is 3.80. The molecule has 0 spiro atoms. The van der Waals surface area contributed by atoms with Crippen LogP contribution in [0.2, 0.25) is 0 Å². The number of hydrogen-bond donors (Lipinski definition) is 3. The van der Waals surface area contributed by atoms with Crippen molar-refractivity contribution in [2.45, 2.75) is 63.3 Å². The lowest BCUT2D eigenvalue weighted by molar-refractivity contribution is 0.0733. The minimum absolute atomic E-state index is 0.0456. The molecular weight excluding hydrogens is 522 g/mol. The Bertz CT molecular complexity index is 1320. The number of likely N-dealkylation sites (tertiary alicyclic amines) is 1. The van der Waals surface area contributed by atoms with Crippen LogP contribution in [0.3, 0.4) is 0 Å². The van der Waals surface area contributed by atoms with E-state index in [0.717, 1.165) is 54.2 Å². The van der Waals surface area contributed by atoms with Crippen molar-refractivity contribution in [2.75, 3.05) is 32.1 Å². The summed E-state index contributed by atoms with van der Waals surface area (Å²) in [5.74, 6) is -0.395. The molecule has 2 amide bonds. The van der Waals surface area contributed by atoms with Crippen molar-refractivity contribution >= 4 is 28.8 Å². The maximum atomic E-state index is 13.8. The number of hydrogen-bond acceptors (Lipinski definition) is 7. The van der Waals surface area contributed by atoms with Gasteiger partial charge in [-0.2, -0.15) is 0 Å². The van der Waals surface area contributed by atoms with Crippen molar-refractivity contribution in [3.63, 3.8) is 0 Å². The molecule has 0 aliphatic carbocycles. The van der Waals surface area contributed by atoms with Gasteiger partial charge >= 0.3 is 0 Å². The van der Waals surface area contributed by atoms with Crippen molar-refractivity contribution in [1.29, 1.82) is 0 Å². The van der Waals surface area contributed by atoms with Crippen LogP contribution in [0.4, 0.5) is 5.69 Å². The normalized spacial score (nSPS) is 20.4. The molecule has 212 valence electrons. The van der Waals surface area contributed by atoms with Gasteiger partial charge < -0.3 is 25.5 Å². The van der Waals surface area contributed by atoms with Crippen LogP contribution in [0, 0.1) is 6.92 Å². The Balaban J connectivity index is 1.41. The monoisotopic (exact) mass is 561 g/mol. The predicted molar refractivity (Wildman–Crippen MR) is 159 cm³/mol. The smallest absolute Gasteiger partial charge is 0.254 e. The Kier molecular flexibility index (Phi) is 8.83. The van der Waals surface area contributed by atoms with Gasteiger partial charge in [0.15, 0.2) is 0 Å². The maximum absolute atomic E-state index is 13.8. The fourth-order valence-corrected chi connectivity index (χ4v) is 6.68. The summed E-state index contributed by atoms with van der Waals surface area (Å²) in [6.45, 7) is 3.50. The standard InChI is InChI=1S/C31H39N5O3S/c1-20-19-40-30(33-20)27-12-8-14-36(27)31(39)23-16-22(17-24(18-23)35(2)3)29(38)34-26(15-21-9-5-4-6-10-21)28(37)25-11-7-13-32-25/h4-6,9-10,16-19,25-28,32,37H,7-8,11-15H2,1-3H3,(H,34,38)/t25-,26+,27+,28+/m0/s1. The van der Waals surface area contributed by atoms with E-state index < -0.39 is 12.1 Å². The largest absolute Gasteiger partial charge is 0.389 e. The van der Waals surface area contributed by atoms with Gasteiger partial charge in [0.05, 0.1) is 18.2 Å². The lowest BCUT2D eigenvalue weighted by Crippen LogP contribution is -2.52. The lowest BCUT2D eigenvalue weighted by Gasteiger charge is -2.29. The van der Waals surface area contributed by atoms with Crippen molar-refractivity contribution in [3.05, 3.63) is 81.3 Å². The maximum Gasteiger partial charge on any atom is 0.254 e. The molecule has 8 nitrogen and oxygen atoms in total. The molecule has 0 unspecified atom stereocenters. The molecule has 3 N–H and O–H groups in total. The number of amides is 2. The highest BCUT2D eigenvalue weighted by atomic mass is 32.1. The number of nitrogens with one attached hydrogen (secondary N) is 2. The van der Waals surface area contributed by atoms with E-state index in [-0.39, 0.29) is 23.9 Å². The zero-order valence-corrected chi connectivity index (χ0v) is 24.3. The van der Waals surface area contributed by atoms with Crippen LogP contribution in [0.5, 0.6) is 0 Å². The van der Waals surface area contributed by atoms with E-state index in [9.17, 15) is 14.7 Å². The number of carbonyl (C=O) groups is 2. The SMILES string of the molecule is Cc1csc([C@H]2CCCN2C(=O)c2cc(C(=O)N[C@H](Cc3ccccc3)[C@H](O)[C@@H]3CCCN3)cc(N(C)C)c2)n1. The molecule has 2 aromatic carbocycles. The average molecular weight is 562 g/mol. The molecule has 40 heavy (non-hydrogen) atoms. The van der Waals surface area contributed by atoms with E-state index in [1.54, 1.807) is 23.5 Å². The quantitative estimate of drug-likeness (QED) is 0.366. The molecule has 1 aromatic heterocycles. The van der Waals surface area contributed by atoms with E-state index >= 15 is 0 Å². The summed E-state index contributed by atoms with van der Waals surface area (Å²) in [5.41, 5.74) is 3.66. The summed E-state index contributed by atoms with van der Waals surface area (Å²) >= 11 is 1.59. The summed E-state index contributed by atoms with van der Waals surface area (Å²) in [6, 6.07) is 14.6. The summed E-state index contributed by atoms with van der Waals surface area (Å²) in [4.78, 5) is 36.0. The fraction of sp³-hybridized carbons (Fsp3) is 0.452. The van der Waals surface area contributed by atoms with Gasteiger partial charge in [0, 0.05) is 54.6 Å². The molecule has 2 aliphatic rings. The van der Waals surface area contributed by atoms with Gasteiger partial charge in [0.1, 0.15) is 5.01 Å². The van der Waals surface area contributed by atoms with Gasteiger partial charge in [0.2, 0.25) is 0 Å². The summed E-state index contributed by atoms with van der Waals surface area (Å²) in [5, 5.41) is 20.8. The number of anilines is 1. The summed E-state index contributed by atoms with van der Waals surface area (Å²) < 4.78 is 0. The van der Waals surface area contributed by atoms with Crippen LogP contribution in [0.15, 0.2) is 53.9 Å². The Morgan fingerprint density at radius 2 is 1.93 bits per heavy atom. The highest BCUT2D eigenvalue weighted by Gasteiger charge is 2.34. The second-order valence-corrected chi connectivity index (χ2v) is 12.0. The zero-order chi connectivity index (χ0) is 28.2. The first-order valence-corrected chi connectivity index (χ1v) is 15.0. The predicted octanol–water partition coefficient (Wildman–Crippen LogP) is 3.95. The van der Waals surface area contributed by atoms with Gasteiger partial charge in [-0.15, -0.1) is 11.3 Å². The third-order valence-corrected chi connectivity index (χ3v) is 8.98. The van der Waals surface area contributed by atoms with Crippen molar-refractivity contribution in [3.8, 4) is 0 Å². The lowest BCUT2D eigenvalue weighted by atomic mass is 9.95. The second kappa shape index (κ2) is 12.5. The third kappa shape index (κ3) is 6.37. The van der Waals surface area contributed by atoms with Crippen LogP contribution in [-0.4, -0.2) is 72.2 Å². The topological polar surface area (TPSA) is 97.8 Å². The number of aryl methyl sites for hydroxylation is 1. The van der Waals surface area contributed by atoms with Crippen LogP contribution >= 0.6 is 11.3 Å². The van der Waals surface area contributed by atoms with E-state index in [2.05, 4.69) is 15.6 Å². The Hall–Kier alpha value is -3.27. The number of aliphatic hydroxyl groups excluding tert-OH is 1. The first-order valence-electron chi connectivity index (χ1n) is 14.1. The first kappa shape index (κ1) is 28.3. The Morgan fingerprint density at radius 1 is 1.15 bits per heavy atom. The molecule has 2 saturated heterocycles. The minimum atomic E-state index is -0.739. The molecule has 9 heteroatoms. The minimum Gasteiger partial charge on any atom is -0.389 e. The fourth-order valence-electron chi connectivity index (χ4n) is 5.74. The highest BCUT2D eigenvalue weighted by molar-refractivity contribution is 7.09. The van der Waals surface area contributed by atoms with Gasteiger partial charge in [-0.05, 0) is 69.3 Å². The van der Waals surface area contributed by atoms with Crippen molar-refractivity contribution in [1.82, 2.24) is 20.5 Å². The van der Waals surface area contributed by atoms with Crippen molar-refractivity contribution < 1.29 is 14.7 Å². The van der Waals surface area contributed by atoms with Crippen LogP contribution < -0.4 is 15.5 Å². The Morgan fingerprint density at radius 3 is 2.60 bits per heavy atom. The average Bonchev–Trinajstić information content (AvgIpc) is 3.74. The number of nitrogens with zero attached hydrogens (tertiary/aromatic N) is 3. The molecular formula is C31H39N5O3S. The number of carbonyl (C=O) groups excluding carboxylic acids is 2. The first-order chi connectivity index (χ1) is 19.3. The number of rotatable bonds is 9. The molecule has 0 saturated carbocycles. The number of thiazole rings is 1. The van der Waals surface area contributed by atoms with Crippen LogP contribution in [0.1, 0.15) is 68.7 Å². The third-order valence-electron chi connectivity index (χ3n) is 7.92. The number of aromatic nitrogens is 1. The molecule has 3 aromatic rings. The van der Waals surface area contributed by atoms with E-state index in [4.69, 9.17) is 0 Å². The van der Waals surface area contributed by atoms with E-state index in [0.29, 0.717) is 24.1 Å². The van der Waals surface area contributed by atoms with Crippen LogP contribution in [-0.2, 0) is 6.42 Å². The molecule has 2 aliphatic heterocycles.